The number of hydrogen-bond acceptors (Lipinski definition) is 3. The molecule has 20 heavy (non-hydrogen) atoms. The average molecular weight is 277 g/mol. The first kappa shape index (κ1) is 16.7. The molecule has 0 aromatic heterocycles. The van der Waals surface area contributed by atoms with Gasteiger partial charge in [0.25, 0.3) is 0 Å². The van der Waals surface area contributed by atoms with Gasteiger partial charge in [-0.15, -0.1) is 0 Å². The molecule has 0 fully saturated rings. The average Bonchev–Trinajstić information content (AvgIpc) is 2.44. The summed E-state index contributed by atoms with van der Waals surface area (Å²) in [6.45, 7) is 9.61. The van der Waals surface area contributed by atoms with Crippen LogP contribution in [0.4, 0.5) is 0 Å². The van der Waals surface area contributed by atoms with E-state index in [1.807, 2.05) is 25.1 Å². The van der Waals surface area contributed by atoms with E-state index in [1.165, 1.54) is 5.57 Å². The minimum atomic E-state index is 0.500. The Hall–Kier alpha value is -1.32. The van der Waals surface area contributed by atoms with Crippen LogP contribution in [0.2, 0.25) is 0 Å². The summed E-state index contributed by atoms with van der Waals surface area (Å²) in [6, 6.07) is 8.17. The van der Waals surface area contributed by atoms with E-state index >= 15 is 0 Å². The molecule has 0 radical (unpaired) electrons. The van der Waals surface area contributed by atoms with Gasteiger partial charge in [0.2, 0.25) is 0 Å². The van der Waals surface area contributed by atoms with Crippen molar-refractivity contribution in [3.63, 3.8) is 0 Å². The third kappa shape index (κ3) is 5.76. The minimum Gasteiger partial charge on any atom is -0.493 e. The van der Waals surface area contributed by atoms with Crippen molar-refractivity contribution in [1.29, 1.82) is 0 Å². The topological polar surface area (TPSA) is 30.5 Å². The fourth-order valence-electron chi connectivity index (χ4n) is 1.92. The zero-order valence-electron chi connectivity index (χ0n) is 13.1. The Morgan fingerprint density at radius 1 is 1.30 bits per heavy atom. The summed E-state index contributed by atoms with van der Waals surface area (Å²) in [5.41, 5.74) is 2.51. The third-order valence-electron chi connectivity index (χ3n) is 3.11. The van der Waals surface area contributed by atoms with E-state index in [2.05, 4.69) is 31.3 Å². The Morgan fingerprint density at radius 3 is 2.70 bits per heavy atom. The Bertz CT molecular complexity index is 413. The van der Waals surface area contributed by atoms with Gasteiger partial charge in [0.1, 0.15) is 5.75 Å². The summed E-state index contributed by atoms with van der Waals surface area (Å²) < 4.78 is 10.7. The first-order chi connectivity index (χ1) is 9.69. The van der Waals surface area contributed by atoms with Crippen molar-refractivity contribution in [1.82, 2.24) is 5.32 Å². The highest BCUT2D eigenvalue weighted by atomic mass is 16.5. The second-order valence-corrected chi connectivity index (χ2v) is 5.01. The molecule has 0 aliphatic carbocycles. The van der Waals surface area contributed by atoms with E-state index in [0.29, 0.717) is 12.5 Å². The Kier molecular flexibility index (Phi) is 8.00. The van der Waals surface area contributed by atoms with Crippen LogP contribution in [-0.4, -0.2) is 33.4 Å². The molecule has 0 bridgehead atoms. The Morgan fingerprint density at radius 2 is 2.05 bits per heavy atom. The highest BCUT2D eigenvalue weighted by molar-refractivity contribution is 5.60. The predicted molar refractivity (Wildman–Crippen MR) is 85.2 cm³/mol. The summed E-state index contributed by atoms with van der Waals surface area (Å²) in [5, 5.41) is 3.41. The van der Waals surface area contributed by atoms with Gasteiger partial charge in [-0.3, -0.25) is 0 Å². The molecule has 0 amide bonds. The highest BCUT2D eigenvalue weighted by Crippen LogP contribution is 2.23. The largest absolute Gasteiger partial charge is 0.493 e. The molecule has 3 nitrogen and oxygen atoms in total. The molecule has 1 rings (SSSR count). The summed E-state index contributed by atoms with van der Waals surface area (Å²) in [7, 11) is 1.72. The summed E-state index contributed by atoms with van der Waals surface area (Å²) >= 11 is 0. The van der Waals surface area contributed by atoms with Crippen LogP contribution in [-0.2, 0) is 4.74 Å². The van der Waals surface area contributed by atoms with Crippen LogP contribution in [0.3, 0.4) is 0 Å². The Balaban J connectivity index is 2.79. The van der Waals surface area contributed by atoms with E-state index in [-0.39, 0.29) is 0 Å². The third-order valence-corrected chi connectivity index (χ3v) is 3.11. The van der Waals surface area contributed by atoms with Gasteiger partial charge in [-0.1, -0.05) is 43.7 Å². The van der Waals surface area contributed by atoms with Crippen molar-refractivity contribution in [3.8, 4) is 5.75 Å². The fraction of sp³-hybridized carbons (Fsp3) is 0.529. The number of benzene rings is 1. The van der Waals surface area contributed by atoms with Crippen molar-refractivity contribution in [2.45, 2.75) is 20.8 Å². The smallest absolute Gasteiger partial charge is 0.126 e. The zero-order valence-corrected chi connectivity index (χ0v) is 13.1. The molecule has 0 heterocycles. The molecule has 0 saturated carbocycles. The van der Waals surface area contributed by atoms with Gasteiger partial charge in [0.15, 0.2) is 0 Å². The predicted octanol–water partition coefficient (Wildman–Crippen LogP) is 3.36. The van der Waals surface area contributed by atoms with Crippen LogP contribution < -0.4 is 10.1 Å². The van der Waals surface area contributed by atoms with Crippen LogP contribution in [0, 0.1) is 5.92 Å². The van der Waals surface area contributed by atoms with E-state index in [1.54, 1.807) is 7.11 Å². The van der Waals surface area contributed by atoms with E-state index in [0.717, 1.165) is 31.0 Å². The standard InChI is InChI=1S/C17H27NO2/c1-5-20-17-9-7-6-8-15(17)12-16(14(2)3)13-18-10-11-19-4/h6-9,12,14,18H,5,10-11,13H2,1-4H3. The van der Waals surface area contributed by atoms with Crippen LogP contribution in [0.5, 0.6) is 5.75 Å². The number of methoxy groups -OCH3 is 1. The summed E-state index contributed by atoms with van der Waals surface area (Å²) in [6.07, 6.45) is 2.23. The zero-order chi connectivity index (χ0) is 14.8. The molecular formula is C17H27NO2. The van der Waals surface area contributed by atoms with Crippen LogP contribution in [0.1, 0.15) is 26.3 Å². The maximum Gasteiger partial charge on any atom is 0.126 e. The van der Waals surface area contributed by atoms with Gasteiger partial charge >= 0.3 is 0 Å². The summed E-state index contributed by atoms with van der Waals surface area (Å²) in [4.78, 5) is 0. The molecule has 0 aliphatic rings. The quantitative estimate of drug-likeness (QED) is 0.702. The molecule has 0 unspecified atom stereocenters. The number of ether oxygens (including phenoxy) is 2. The highest BCUT2D eigenvalue weighted by Gasteiger charge is 2.06. The van der Waals surface area contributed by atoms with Crippen molar-refractivity contribution >= 4 is 6.08 Å². The van der Waals surface area contributed by atoms with Crippen molar-refractivity contribution < 1.29 is 9.47 Å². The molecule has 0 spiro atoms. The minimum absolute atomic E-state index is 0.500. The molecule has 1 aromatic carbocycles. The van der Waals surface area contributed by atoms with E-state index in [4.69, 9.17) is 9.47 Å². The molecule has 1 aromatic rings. The maximum absolute atomic E-state index is 5.68. The monoisotopic (exact) mass is 277 g/mol. The first-order valence-corrected chi connectivity index (χ1v) is 7.31. The van der Waals surface area contributed by atoms with Gasteiger partial charge in [-0.25, -0.2) is 0 Å². The molecule has 0 atom stereocenters. The summed E-state index contributed by atoms with van der Waals surface area (Å²) in [5.74, 6) is 1.45. The van der Waals surface area contributed by atoms with Gasteiger partial charge in [0, 0.05) is 25.8 Å². The normalized spacial score (nSPS) is 11.9. The lowest BCUT2D eigenvalue weighted by Crippen LogP contribution is -2.23. The van der Waals surface area contributed by atoms with Gasteiger partial charge in [0.05, 0.1) is 13.2 Å². The van der Waals surface area contributed by atoms with Crippen molar-refractivity contribution in [2.75, 3.05) is 33.4 Å². The van der Waals surface area contributed by atoms with Gasteiger partial charge in [-0.05, 0) is 18.9 Å². The lowest BCUT2D eigenvalue weighted by Gasteiger charge is -2.14. The van der Waals surface area contributed by atoms with E-state index in [9.17, 15) is 0 Å². The van der Waals surface area contributed by atoms with Crippen LogP contribution >= 0.6 is 0 Å². The van der Waals surface area contributed by atoms with E-state index < -0.39 is 0 Å². The molecular weight excluding hydrogens is 250 g/mol. The fourth-order valence-corrected chi connectivity index (χ4v) is 1.92. The first-order valence-electron chi connectivity index (χ1n) is 7.31. The second kappa shape index (κ2) is 9.56. The molecule has 112 valence electrons. The maximum atomic E-state index is 5.68. The second-order valence-electron chi connectivity index (χ2n) is 5.01. The molecule has 0 aliphatic heterocycles. The lowest BCUT2D eigenvalue weighted by atomic mass is 10.00. The van der Waals surface area contributed by atoms with Crippen LogP contribution in [0.15, 0.2) is 29.8 Å². The Labute approximate surface area is 123 Å². The number of hydrogen-bond donors (Lipinski definition) is 1. The number of para-hydroxylation sites is 1. The molecule has 1 N–H and O–H groups in total. The number of rotatable bonds is 9. The SMILES string of the molecule is CCOc1ccccc1C=C(CNCCOC)C(C)C. The number of nitrogens with one attached hydrogen (secondary N) is 1. The van der Waals surface area contributed by atoms with Crippen LogP contribution in [0.25, 0.3) is 6.08 Å². The van der Waals surface area contributed by atoms with Gasteiger partial charge in [-0.2, -0.15) is 0 Å². The van der Waals surface area contributed by atoms with Crippen molar-refractivity contribution in [3.05, 3.63) is 35.4 Å². The van der Waals surface area contributed by atoms with Crippen molar-refractivity contribution in [2.24, 2.45) is 5.92 Å². The lowest BCUT2D eigenvalue weighted by molar-refractivity contribution is 0.200. The molecule has 3 heteroatoms. The van der Waals surface area contributed by atoms with Gasteiger partial charge < -0.3 is 14.8 Å². The molecule has 0 saturated heterocycles.